The van der Waals surface area contributed by atoms with E-state index in [0.717, 1.165) is 5.69 Å². The monoisotopic (exact) mass is 136 g/mol. The number of hydrogen-bond donors (Lipinski definition) is 0. The average molecular weight is 136 g/mol. The third-order valence-corrected chi connectivity index (χ3v) is 1.05. The Hall–Kier alpha value is -1.38. The largest absolute Gasteiger partial charge is 0.467 e. The summed E-state index contributed by atoms with van der Waals surface area (Å²) < 4.78 is 4.79. The summed E-state index contributed by atoms with van der Waals surface area (Å²) in [5, 5.41) is 0. The van der Waals surface area contributed by atoms with Gasteiger partial charge >= 0.3 is 6.01 Å². The fraction of sp³-hybridized carbons (Fsp3) is 0.143. The van der Waals surface area contributed by atoms with Crippen LogP contribution in [0.5, 0.6) is 6.01 Å². The molecule has 10 heavy (non-hydrogen) atoms. The van der Waals surface area contributed by atoms with Gasteiger partial charge in [0.25, 0.3) is 0 Å². The summed E-state index contributed by atoms with van der Waals surface area (Å²) in [5.74, 6) is 0. The Morgan fingerprint density at radius 2 is 2.50 bits per heavy atom. The van der Waals surface area contributed by atoms with Gasteiger partial charge in [0.15, 0.2) is 0 Å². The van der Waals surface area contributed by atoms with E-state index in [9.17, 15) is 0 Å². The molecule has 0 atom stereocenters. The van der Waals surface area contributed by atoms with Crippen LogP contribution < -0.4 is 4.74 Å². The van der Waals surface area contributed by atoms with Crippen LogP contribution in [0.3, 0.4) is 0 Å². The normalized spacial score (nSPS) is 8.90. The zero-order valence-electron chi connectivity index (χ0n) is 5.74. The molecular formula is C7H8N2O. The highest BCUT2D eigenvalue weighted by Gasteiger charge is 1.92. The molecule has 0 fully saturated rings. The third kappa shape index (κ3) is 1.31. The zero-order chi connectivity index (χ0) is 7.40. The van der Waals surface area contributed by atoms with Gasteiger partial charge in [0.05, 0.1) is 12.8 Å². The highest BCUT2D eigenvalue weighted by Crippen LogP contribution is 2.01. The van der Waals surface area contributed by atoms with Crippen LogP contribution in [0.25, 0.3) is 6.08 Å². The minimum Gasteiger partial charge on any atom is -0.467 e. The topological polar surface area (TPSA) is 35.0 Å². The zero-order valence-corrected chi connectivity index (χ0v) is 5.74. The lowest BCUT2D eigenvalue weighted by Crippen LogP contribution is -1.91. The lowest BCUT2D eigenvalue weighted by atomic mass is 10.4. The second kappa shape index (κ2) is 2.96. The van der Waals surface area contributed by atoms with Crippen molar-refractivity contribution in [1.29, 1.82) is 0 Å². The van der Waals surface area contributed by atoms with Crippen molar-refractivity contribution in [3.63, 3.8) is 0 Å². The molecular weight excluding hydrogens is 128 g/mol. The molecule has 1 rings (SSSR count). The van der Waals surface area contributed by atoms with Gasteiger partial charge in [-0.3, -0.25) is 0 Å². The quantitative estimate of drug-likeness (QED) is 0.611. The van der Waals surface area contributed by atoms with Crippen molar-refractivity contribution in [2.45, 2.75) is 0 Å². The van der Waals surface area contributed by atoms with Gasteiger partial charge in [-0.2, -0.15) is 4.98 Å². The van der Waals surface area contributed by atoms with Crippen molar-refractivity contribution in [2.75, 3.05) is 7.11 Å². The van der Waals surface area contributed by atoms with Crippen LogP contribution in [-0.2, 0) is 0 Å². The summed E-state index contributed by atoms with van der Waals surface area (Å²) >= 11 is 0. The highest BCUT2D eigenvalue weighted by atomic mass is 16.5. The van der Waals surface area contributed by atoms with Gasteiger partial charge in [0.1, 0.15) is 0 Å². The SMILES string of the molecule is C=Cc1ccnc(OC)n1. The van der Waals surface area contributed by atoms with Crippen LogP contribution in [0, 0.1) is 0 Å². The molecule has 0 saturated heterocycles. The van der Waals surface area contributed by atoms with Crippen LogP contribution in [0.1, 0.15) is 5.69 Å². The van der Waals surface area contributed by atoms with Crippen molar-refractivity contribution in [1.82, 2.24) is 9.97 Å². The van der Waals surface area contributed by atoms with E-state index in [1.165, 1.54) is 7.11 Å². The highest BCUT2D eigenvalue weighted by molar-refractivity contribution is 5.40. The molecule has 0 aromatic carbocycles. The molecule has 0 radical (unpaired) electrons. The molecule has 0 aliphatic rings. The van der Waals surface area contributed by atoms with Gasteiger partial charge in [-0.05, 0) is 12.1 Å². The van der Waals surface area contributed by atoms with Crippen molar-refractivity contribution in [3.8, 4) is 6.01 Å². The number of rotatable bonds is 2. The molecule has 0 unspecified atom stereocenters. The average Bonchev–Trinajstić information content (AvgIpc) is 2.05. The molecule has 0 spiro atoms. The van der Waals surface area contributed by atoms with Crippen molar-refractivity contribution in [3.05, 3.63) is 24.5 Å². The second-order valence-corrected chi connectivity index (χ2v) is 1.67. The van der Waals surface area contributed by atoms with Crippen molar-refractivity contribution < 1.29 is 4.74 Å². The molecule has 52 valence electrons. The number of hydrogen-bond acceptors (Lipinski definition) is 3. The van der Waals surface area contributed by atoms with E-state index in [2.05, 4.69) is 16.5 Å². The summed E-state index contributed by atoms with van der Waals surface area (Å²) in [7, 11) is 1.53. The van der Waals surface area contributed by atoms with E-state index in [1.54, 1.807) is 18.3 Å². The second-order valence-electron chi connectivity index (χ2n) is 1.67. The van der Waals surface area contributed by atoms with E-state index in [-0.39, 0.29) is 0 Å². The van der Waals surface area contributed by atoms with Crippen LogP contribution in [0.4, 0.5) is 0 Å². The molecule has 0 aliphatic heterocycles. The first-order valence-corrected chi connectivity index (χ1v) is 2.86. The van der Waals surface area contributed by atoms with Gasteiger partial charge in [0, 0.05) is 6.20 Å². The Morgan fingerprint density at radius 3 is 3.10 bits per heavy atom. The van der Waals surface area contributed by atoms with Crippen molar-refractivity contribution >= 4 is 6.08 Å². The Balaban J connectivity index is 2.98. The Kier molecular flexibility index (Phi) is 1.99. The molecule has 1 aromatic heterocycles. The molecule has 1 aromatic rings. The maximum absolute atomic E-state index is 4.79. The first-order valence-electron chi connectivity index (χ1n) is 2.86. The summed E-state index contributed by atoms with van der Waals surface area (Å²) in [6.45, 7) is 3.56. The molecule has 0 bridgehead atoms. The predicted molar refractivity (Wildman–Crippen MR) is 38.7 cm³/mol. The molecule has 1 heterocycles. The molecule has 3 nitrogen and oxygen atoms in total. The smallest absolute Gasteiger partial charge is 0.316 e. The van der Waals surface area contributed by atoms with E-state index in [1.807, 2.05) is 0 Å². The maximum Gasteiger partial charge on any atom is 0.316 e. The Morgan fingerprint density at radius 1 is 1.70 bits per heavy atom. The molecule has 0 amide bonds. The van der Waals surface area contributed by atoms with Gasteiger partial charge in [-0.1, -0.05) is 6.58 Å². The van der Waals surface area contributed by atoms with Crippen LogP contribution in [-0.4, -0.2) is 17.1 Å². The van der Waals surface area contributed by atoms with Gasteiger partial charge in [0.2, 0.25) is 0 Å². The van der Waals surface area contributed by atoms with E-state index in [4.69, 9.17) is 4.74 Å². The maximum atomic E-state index is 4.79. The van der Waals surface area contributed by atoms with Crippen LogP contribution in [0.2, 0.25) is 0 Å². The number of aromatic nitrogens is 2. The lowest BCUT2D eigenvalue weighted by Gasteiger charge is -1.95. The summed E-state index contributed by atoms with van der Waals surface area (Å²) in [6, 6.07) is 2.13. The minimum atomic E-state index is 0.373. The first kappa shape index (κ1) is 6.74. The third-order valence-electron chi connectivity index (χ3n) is 1.05. The fourth-order valence-corrected chi connectivity index (χ4v) is 0.566. The Labute approximate surface area is 59.4 Å². The number of nitrogens with zero attached hydrogens (tertiary/aromatic N) is 2. The van der Waals surface area contributed by atoms with E-state index >= 15 is 0 Å². The molecule has 3 heteroatoms. The summed E-state index contributed by atoms with van der Waals surface area (Å²) in [5.41, 5.74) is 0.770. The molecule has 0 aliphatic carbocycles. The number of methoxy groups -OCH3 is 1. The Bertz CT molecular complexity index is 235. The fourth-order valence-electron chi connectivity index (χ4n) is 0.566. The summed E-state index contributed by atoms with van der Waals surface area (Å²) in [6.07, 6.45) is 3.27. The van der Waals surface area contributed by atoms with E-state index in [0.29, 0.717) is 6.01 Å². The summed E-state index contributed by atoms with van der Waals surface area (Å²) in [4.78, 5) is 7.78. The van der Waals surface area contributed by atoms with Gasteiger partial charge in [-0.25, -0.2) is 4.98 Å². The van der Waals surface area contributed by atoms with E-state index < -0.39 is 0 Å². The minimum absolute atomic E-state index is 0.373. The first-order chi connectivity index (χ1) is 4.86. The predicted octanol–water partition coefficient (Wildman–Crippen LogP) is 1.13. The standard InChI is InChI=1S/C7H8N2O/c1-3-6-4-5-8-7(9-6)10-2/h3-5H,1H2,2H3. The molecule has 0 saturated carbocycles. The van der Waals surface area contributed by atoms with Crippen LogP contribution >= 0.6 is 0 Å². The van der Waals surface area contributed by atoms with Gasteiger partial charge in [-0.15, -0.1) is 0 Å². The van der Waals surface area contributed by atoms with Gasteiger partial charge < -0.3 is 4.74 Å². The lowest BCUT2D eigenvalue weighted by molar-refractivity contribution is 0.379. The number of ether oxygens (including phenoxy) is 1. The van der Waals surface area contributed by atoms with Crippen LogP contribution in [0.15, 0.2) is 18.8 Å². The van der Waals surface area contributed by atoms with Crippen molar-refractivity contribution in [2.24, 2.45) is 0 Å². The molecule has 0 N–H and O–H groups in total.